The van der Waals surface area contributed by atoms with Gasteiger partial charge in [-0.25, -0.2) is 0 Å². The SMILES string of the molecule is CCCN(C(=O)CSC)C1CCNCC1. The second-order valence-corrected chi connectivity index (χ2v) is 4.87. The Morgan fingerprint density at radius 3 is 2.67 bits per heavy atom. The van der Waals surface area contributed by atoms with Crippen LogP contribution in [0.15, 0.2) is 0 Å². The Morgan fingerprint density at radius 1 is 1.47 bits per heavy atom. The molecule has 88 valence electrons. The molecule has 1 N–H and O–H groups in total. The summed E-state index contributed by atoms with van der Waals surface area (Å²) in [5, 5.41) is 3.34. The van der Waals surface area contributed by atoms with Gasteiger partial charge in [0.05, 0.1) is 5.75 Å². The number of nitrogens with zero attached hydrogens (tertiary/aromatic N) is 1. The number of carbonyl (C=O) groups excluding carboxylic acids is 1. The van der Waals surface area contributed by atoms with Crippen LogP contribution in [-0.4, -0.2) is 48.5 Å². The summed E-state index contributed by atoms with van der Waals surface area (Å²) in [5.74, 6) is 0.945. The average molecular weight is 230 g/mol. The first kappa shape index (κ1) is 12.8. The Hall–Kier alpha value is -0.220. The summed E-state index contributed by atoms with van der Waals surface area (Å²) in [6, 6.07) is 0.478. The summed E-state index contributed by atoms with van der Waals surface area (Å²) in [5.41, 5.74) is 0. The average Bonchev–Trinajstić information content (AvgIpc) is 2.27. The van der Waals surface area contributed by atoms with Gasteiger partial charge in [-0.2, -0.15) is 11.8 Å². The zero-order chi connectivity index (χ0) is 11.1. The van der Waals surface area contributed by atoms with Crippen LogP contribution >= 0.6 is 11.8 Å². The number of nitrogens with one attached hydrogen (secondary N) is 1. The number of piperidine rings is 1. The van der Waals surface area contributed by atoms with Gasteiger partial charge in [0.2, 0.25) is 5.91 Å². The second-order valence-electron chi connectivity index (χ2n) is 4.00. The zero-order valence-corrected chi connectivity index (χ0v) is 10.6. The molecule has 0 saturated carbocycles. The number of rotatable bonds is 5. The Morgan fingerprint density at radius 2 is 2.13 bits per heavy atom. The maximum Gasteiger partial charge on any atom is 0.232 e. The van der Waals surface area contributed by atoms with Gasteiger partial charge < -0.3 is 10.2 Å². The topological polar surface area (TPSA) is 32.3 Å². The van der Waals surface area contributed by atoms with Crippen LogP contribution in [0.25, 0.3) is 0 Å². The first-order valence-electron chi connectivity index (χ1n) is 5.78. The third-order valence-electron chi connectivity index (χ3n) is 2.80. The molecule has 0 aromatic carbocycles. The van der Waals surface area contributed by atoms with Crippen LogP contribution < -0.4 is 5.32 Å². The molecule has 1 fully saturated rings. The molecule has 1 amide bonds. The smallest absolute Gasteiger partial charge is 0.232 e. The standard InChI is InChI=1S/C11H22N2OS/c1-3-8-13(11(14)9-15-2)10-4-6-12-7-5-10/h10,12H,3-9H2,1-2H3. The van der Waals surface area contributed by atoms with Crippen LogP contribution in [0.1, 0.15) is 26.2 Å². The number of hydrogen-bond donors (Lipinski definition) is 1. The van der Waals surface area contributed by atoms with Crippen molar-refractivity contribution in [1.82, 2.24) is 10.2 Å². The zero-order valence-electron chi connectivity index (χ0n) is 9.79. The van der Waals surface area contributed by atoms with E-state index in [1.165, 1.54) is 0 Å². The lowest BCUT2D eigenvalue weighted by Crippen LogP contribution is -2.47. The molecule has 1 aliphatic heterocycles. The molecule has 15 heavy (non-hydrogen) atoms. The fraction of sp³-hybridized carbons (Fsp3) is 0.909. The van der Waals surface area contributed by atoms with Crippen molar-refractivity contribution in [2.75, 3.05) is 31.6 Å². The molecule has 1 aliphatic rings. The van der Waals surface area contributed by atoms with E-state index in [2.05, 4.69) is 17.1 Å². The van der Waals surface area contributed by atoms with Crippen molar-refractivity contribution >= 4 is 17.7 Å². The summed E-state index contributed by atoms with van der Waals surface area (Å²) in [6.07, 6.45) is 5.27. The molecule has 0 radical (unpaired) electrons. The molecule has 3 nitrogen and oxygen atoms in total. The monoisotopic (exact) mass is 230 g/mol. The minimum absolute atomic E-state index is 0.316. The van der Waals surface area contributed by atoms with Gasteiger partial charge in [0.1, 0.15) is 0 Å². The van der Waals surface area contributed by atoms with Crippen molar-refractivity contribution in [2.45, 2.75) is 32.2 Å². The summed E-state index contributed by atoms with van der Waals surface area (Å²) in [6.45, 7) is 5.17. The van der Waals surface area contributed by atoms with E-state index < -0.39 is 0 Å². The van der Waals surface area contributed by atoms with E-state index in [1.807, 2.05) is 6.26 Å². The molecule has 1 heterocycles. The maximum absolute atomic E-state index is 11.9. The highest BCUT2D eigenvalue weighted by Gasteiger charge is 2.23. The van der Waals surface area contributed by atoms with Gasteiger partial charge in [0.25, 0.3) is 0 Å². The Labute approximate surface area is 97.0 Å². The lowest BCUT2D eigenvalue weighted by molar-refractivity contribution is -0.131. The summed E-state index contributed by atoms with van der Waals surface area (Å²) in [7, 11) is 0. The van der Waals surface area contributed by atoms with E-state index in [1.54, 1.807) is 11.8 Å². The van der Waals surface area contributed by atoms with Gasteiger partial charge in [-0.3, -0.25) is 4.79 Å². The number of carbonyl (C=O) groups is 1. The quantitative estimate of drug-likeness (QED) is 0.773. The summed E-state index contributed by atoms with van der Waals surface area (Å²) in [4.78, 5) is 14.0. The highest BCUT2D eigenvalue weighted by molar-refractivity contribution is 7.99. The van der Waals surface area contributed by atoms with Crippen molar-refractivity contribution in [3.05, 3.63) is 0 Å². The fourth-order valence-electron chi connectivity index (χ4n) is 2.08. The first-order valence-corrected chi connectivity index (χ1v) is 7.18. The Kier molecular flexibility index (Phi) is 6.10. The van der Waals surface area contributed by atoms with Crippen LogP contribution in [0.4, 0.5) is 0 Å². The Bertz CT molecular complexity index is 193. The number of amides is 1. The van der Waals surface area contributed by atoms with Crippen LogP contribution in [0.2, 0.25) is 0 Å². The minimum atomic E-state index is 0.316. The third-order valence-corrected chi connectivity index (χ3v) is 3.34. The predicted octanol–water partition coefficient (Wildman–Crippen LogP) is 1.34. The molecular formula is C11H22N2OS. The highest BCUT2D eigenvalue weighted by Crippen LogP contribution is 2.13. The molecule has 0 aliphatic carbocycles. The van der Waals surface area contributed by atoms with E-state index >= 15 is 0 Å². The summed E-state index contributed by atoms with van der Waals surface area (Å²) >= 11 is 1.62. The molecule has 1 rings (SSSR count). The van der Waals surface area contributed by atoms with Gasteiger partial charge in [-0.1, -0.05) is 6.92 Å². The van der Waals surface area contributed by atoms with E-state index in [0.29, 0.717) is 17.7 Å². The van der Waals surface area contributed by atoms with Crippen molar-refractivity contribution in [2.24, 2.45) is 0 Å². The molecule has 0 aromatic rings. The molecule has 1 saturated heterocycles. The van der Waals surface area contributed by atoms with Gasteiger partial charge in [-0.15, -0.1) is 0 Å². The van der Waals surface area contributed by atoms with E-state index in [4.69, 9.17) is 0 Å². The lowest BCUT2D eigenvalue weighted by Gasteiger charge is -2.34. The molecule has 0 spiro atoms. The van der Waals surface area contributed by atoms with Gasteiger partial charge >= 0.3 is 0 Å². The van der Waals surface area contributed by atoms with E-state index in [0.717, 1.165) is 38.9 Å². The second kappa shape index (κ2) is 7.12. The molecule has 4 heteroatoms. The number of hydrogen-bond acceptors (Lipinski definition) is 3. The maximum atomic E-state index is 11.9. The first-order chi connectivity index (χ1) is 7.29. The van der Waals surface area contributed by atoms with Crippen LogP contribution in [0.3, 0.4) is 0 Å². The highest BCUT2D eigenvalue weighted by atomic mass is 32.2. The normalized spacial score (nSPS) is 17.7. The molecule has 0 aromatic heterocycles. The van der Waals surface area contributed by atoms with Crippen molar-refractivity contribution in [3.63, 3.8) is 0 Å². The van der Waals surface area contributed by atoms with Gasteiger partial charge in [-0.05, 0) is 38.6 Å². The summed E-state index contributed by atoms with van der Waals surface area (Å²) < 4.78 is 0. The number of thioether (sulfide) groups is 1. The minimum Gasteiger partial charge on any atom is -0.339 e. The van der Waals surface area contributed by atoms with Crippen LogP contribution in [0, 0.1) is 0 Å². The lowest BCUT2D eigenvalue weighted by atomic mass is 10.0. The van der Waals surface area contributed by atoms with E-state index in [9.17, 15) is 4.79 Å². The van der Waals surface area contributed by atoms with Crippen molar-refractivity contribution < 1.29 is 4.79 Å². The fourth-order valence-corrected chi connectivity index (χ4v) is 2.49. The molecule has 0 atom stereocenters. The predicted molar refractivity (Wildman–Crippen MR) is 66.3 cm³/mol. The van der Waals surface area contributed by atoms with E-state index in [-0.39, 0.29) is 0 Å². The van der Waals surface area contributed by atoms with Gasteiger partial charge in [0.15, 0.2) is 0 Å². The third kappa shape index (κ3) is 4.03. The van der Waals surface area contributed by atoms with Crippen molar-refractivity contribution in [1.29, 1.82) is 0 Å². The molecular weight excluding hydrogens is 208 g/mol. The van der Waals surface area contributed by atoms with Crippen LogP contribution in [0.5, 0.6) is 0 Å². The molecule has 0 unspecified atom stereocenters. The van der Waals surface area contributed by atoms with Crippen molar-refractivity contribution in [3.8, 4) is 0 Å². The van der Waals surface area contributed by atoms with Gasteiger partial charge in [0, 0.05) is 12.6 Å². The Balaban J connectivity index is 2.50. The molecule has 0 bridgehead atoms. The van der Waals surface area contributed by atoms with Crippen LogP contribution in [-0.2, 0) is 4.79 Å². The largest absolute Gasteiger partial charge is 0.339 e.